The smallest absolute Gasteiger partial charge is 0.374 e. The fraction of sp³-hybridized carbons (Fsp3) is 1.00. The van der Waals surface area contributed by atoms with E-state index in [1.165, 1.54) is 12.8 Å². The van der Waals surface area contributed by atoms with Gasteiger partial charge in [-0.15, -0.1) is 0 Å². The summed E-state index contributed by atoms with van der Waals surface area (Å²) in [5.74, 6) is 0.586. The quantitative estimate of drug-likeness (QED) is 0.502. The van der Waals surface area contributed by atoms with Crippen molar-refractivity contribution in [3.05, 3.63) is 0 Å². The lowest BCUT2D eigenvalue weighted by molar-refractivity contribution is 0.0116. The summed E-state index contributed by atoms with van der Waals surface area (Å²) in [6.45, 7) is 9.60. The molecule has 0 radical (unpaired) electrons. The maximum Gasteiger partial charge on any atom is 0.500 e. The van der Waals surface area contributed by atoms with Gasteiger partial charge in [0.05, 0.1) is 12.2 Å². The molecule has 2 rings (SSSR count). The molecule has 6 heteroatoms. The van der Waals surface area contributed by atoms with Gasteiger partial charge in [-0.1, -0.05) is 6.92 Å². The summed E-state index contributed by atoms with van der Waals surface area (Å²) in [6.07, 6.45) is 4.78. The fourth-order valence-electron chi connectivity index (χ4n) is 3.08. The van der Waals surface area contributed by atoms with Gasteiger partial charge >= 0.3 is 8.80 Å². The van der Waals surface area contributed by atoms with Crippen LogP contribution in [0.25, 0.3) is 0 Å². The summed E-state index contributed by atoms with van der Waals surface area (Å²) >= 11 is 0. The van der Waals surface area contributed by atoms with E-state index in [2.05, 4.69) is 13.8 Å². The minimum absolute atomic E-state index is 0. The van der Waals surface area contributed by atoms with Crippen molar-refractivity contribution in [3.63, 3.8) is 0 Å². The van der Waals surface area contributed by atoms with Crippen LogP contribution in [0.15, 0.2) is 0 Å². The van der Waals surface area contributed by atoms with E-state index in [4.69, 9.17) is 18.0 Å². The first-order valence-corrected chi connectivity index (χ1v) is 9.68. The van der Waals surface area contributed by atoms with Gasteiger partial charge < -0.3 is 18.0 Å². The van der Waals surface area contributed by atoms with Crippen molar-refractivity contribution in [2.75, 3.05) is 13.2 Å². The van der Waals surface area contributed by atoms with Crippen LogP contribution in [0.4, 0.5) is 0 Å². The van der Waals surface area contributed by atoms with Crippen LogP contribution >= 0.6 is 0 Å². The SMILES string of the molecule is CCO[Si](CC)(OCC)OC(C)C1CCC2OC2C1.[SiH4]. The van der Waals surface area contributed by atoms with Crippen LogP contribution < -0.4 is 0 Å². The third kappa shape index (κ3) is 4.38. The molecule has 1 aliphatic carbocycles. The number of hydrogen-bond donors (Lipinski definition) is 0. The van der Waals surface area contributed by atoms with Crippen molar-refractivity contribution in [1.29, 1.82) is 0 Å². The van der Waals surface area contributed by atoms with Crippen molar-refractivity contribution in [2.45, 2.75) is 71.3 Å². The molecule has 1 saturated heterocycles. The fourth-order valence-corrected chi connectivity index (χ4v) is 5.51. The molecule has 4 nitrogen and oxygen atoms in total. The molecule has 2 fully saturated rings. The minimum atomic E-state index is -2.47. The first-order chi connectivity index (χ1) is 9.14. The Morgan fingerprint density at radius 1 is 1.10 bits per heavy atom. The Hall–Kier alpha value is 0.274. The topological polar surface area (TPSA) is 40.2 Å². The number of fused-ring (bicyclic) bond motifs is 1. The van der Waals surface area contributed by atoms with Gasteiger partial charge in [0.2, 0.25) is 0 Å². The van der Waals surface area contributed by atoms with Gasteiger partial charge in [-0.05, 0) is 56.9 Å². The molecule has 0 aromatic rings. The van der Waals surface area contributed by atoms with Gasteiger partial charge in [0, 0.05) is 25.4 Å². The highest BCUT2D eigenvalue weighted by Gasteiger charge is 2.47. The molecule has 120 valence electrons. The zero-order valence-corrected chi connectivity index (χ0v) is 13.7. The highest BCUT2D eigenvalue weighted by atomic mass is 28.4. The lowest BCUT2D eigenvalue weighted by Crippen LogP contribution is -2.49. The molecule has 1 saturated carbocycles. The van der Waals surface area contributed by atoms with E-state index in [1.54, 1.807) is 0 Å². The number of hydrogen-bond acceptors (Lipinski definition) is 4. The second-order valence-electron chi connectivity index (χ2n) is 5.51. The summed E-state index contributed by atoms with van der Waals surface area (Å²) in [7, 11) is -2.47. The van der Waals surface area contributed by atoms with E-state index in [9.17, 15) is 0 Å². The van der Waals surface area contributed by atoms with Crippen LogP contribution in [0.5, 0.6) is 0 Å². The van der Waals surface area contributed by atoms with Gasteiger partial charge in [0.1, 0.15) is 0 Å². The van der Waals surface area contributed by atoms with Crippen LogP contribution in [0, 0.1) is 5.92 Å². The molecule has 4 unspecified atom stereocenters. The summed E-state index contributed by atoms with van der Waals surface area (Å²) < 4.78 is 23.7. The summed E-state index contributed by atoms with van der Waals surface area (Å²) in [4.78, 5) is 0. The summed E-state index contributed by atoms with van der Waals surface area (Å²) in [5, 5.41) is 0. The van der Waals surface area contributed by atoms with E-state index < -0.39 is 8.80 Å². The molecule has 0 bridgehead atoms. The Kier molecular flexibility index (Phi) is 7.38. The Labute approximate surface area is 128 Å². The standard InChI is InChI=1S/C14H28O4Si.H4Si/c1-5-15-19(7-3,16-6-2)18-11(4)12-8-9-13-14(10-12)17-13;/h11-14H,5-10H2,1-4H3;1H4. The second-order valence-corrected chi connectivity index (χ2v) is 8.40. The average molecular weight is 321 g/mol. The first kappa shape index (κ1) is 18.3. The van der Waals surface area contributed by atoms with Gasteiger partial charge in [-0.25, -0.2) is 0 Å². The normalized spacial score (nSPS) is 30.3. The Morgan fingerprint density at radius 2 is 1.75 bits per heavy atom. The molecule has 0 aromatic heterocycles. The van der Waals surface area contributed by atoms with Gasteiger partial charge in [-0.2, -0.15) is 0 Å². The highest BCUT2D eigenvalue weighted by Crippen LogP contribution is 2.41. The van der Waals surface area contributed by atoms with Crippen molar-refractivity contribution >= 4 is 19.8 Å². The van der Waals surface area contributed by atoms with Crippen LogP contribution in [-0.2, 0) is 18.0 Å². The summed E-state index contributed by atoms with van der Waals surface area (Å²) in [5.41, 5.74) is 0. The zero-order chi connectivity index (χ0) is 13.9. The second kappa shape index (κ2) is 8.05. The zero-order valence-electron chi connectivity index (χ0n) is 12.7. The van der Waals surface area contributed by atoms with Gasteiger partial charge in [-0.3, -0.25) is 0 Å². The molecule has 0 amide bonds. The number of epoxide rings is 1. The molecule has 1 heterocycles. The van der Waals surface area contributed by atoms with Gasteiger partial charge in [0.25, 0.3) is 0 Å². The van der Waals surface area contributed by atoms with E-state index in [0.29, 0.717) is 31.3 Å². The van der Waals surface area contributed by atoms with Crippen molar-refractivity contribution in [1.82, 2.24) is 0 Å². The van der Waals surface area contributed by atoms with Crippen molar-refractivity contribution in [2.24, 2.45) is 5.92 Å². The molecule has 0 N–H and O–H groups in total. The molecule has 0 aromatic carbocycles. The Balaban J connectivity index is 0.00000200. The third-order valence-electron chi connectivity index (χ3n) is 4.24. The number of rotatable bonds is 8. The highest BCUT2D eigenvalue weighted by molar-refractivity contribution is 6.60. The molecule has 4 atom stereocenters. The van der Waals surface area contributed by atoms with Crippen molar-refractivity contribution in [3.8, 4) is 0 Å². The molecule has 0 spiro atoms. The molecule has 20 heavy (non-hydrogen) atoms. The molecular weight excluding hydrogens is 288 g/mol. The maximum absolute atomic E-state index is 6.31. The summed E-state index contributed by atoms with van der Waals surface area (Å²) in [6, 6.07) is 0.842. The predicted octanol–water partition coefficient (Wildman–Crippen LogP) is 1.54. The van der Waals surface area contributed by atoms with Gasteiger partial charge in [0.15, 0.2) is 0 Å². The van der Waals surface area contributed by atoms with Crippen LogP contribution in [0.2, 0.25) is 6.04 Å². The number of ether oxygens (including phenoxy) is 1. The van der Waals surface area contributed by atoms with E-state index in [0.717, 1.165) is 12.5 Å². The molecular formula is C14H32O4Si2. The Bertz CT molecular complexity index is 284. The third-order valence-corrected chi connectivity index (χ3v) is 7.29. The van der Waals surface area contributed by atoms with Crippen LogP contribution in [0.3, 0.4) is 0 Å². The van der Waals surface area contributed by atoms with E-state index >= 15 is 0 Å². The molecule has 2 aliphatic rings. The van der Waals surface area contributed by atoms with Crippen molar-refractivity contribution < 1.29 is 18.0 Å². The molecule has 1 aliphatic heterocycles. The lowest BCUT2D eigenvalue weighted by Gasteiger charge is -2.34. The van der Waals surface area contributed by atoms with E-state index in [-0.39, 0.29) is 17.1 Å². The average Bonchev–Trinajstić information content (AvgIpc) is 3.17. The monoisotopic (exact) mass is 320 g/mol. The minimum Gasteiger partial charge on any atom is -0.374 e. The lowest BCUT2D eigenvalue weighted by atomic mass is 9.86. The Morgan fingerprint density at radius 3 is 2.25 bits per heavy atom. The largest absolute Gasteiger partial charge is 0.500 e. The first-order valence-electron chi connectivity index (χ1n) is 7.75. The predicted molar refractivity (Wildman–Crippen MR) is 87.4 cm³/mol. The van der Waals surface area contributed by atoms with Crippen LogP contribution in [0.1, 0.15) is 47.0 Å². The van der Waals surface area contributed by atoms with E-state index in [1.807, 2.05) is 13.8 Å². The van der Waals surface area contributed by atoms with Crippen LogP contribution in [-0.4, -0.2) is 51.3 Å². The maximum atomic E-state index is 6.31.